The first kappa shape index (κ1) is 23.6. The van der Waals surface area contributed by atoms with Crippen LogP contribution >= 0.6 is 23.2 Å². The Kier molecular flexibility index (Phi) is 8.79. The number of halogens is 2. The number of benzene rings is 2. The minimum absolute atomic E-state index is 0.0638. The second-order valence-electron chi connectivity index (χ2n) is 8.22. The smallest absolute Gasteiger partial charge is 0.242 e. The molecule has 1 saturated carbocycles. The van der Waals surface area contributed by atoms with E-state index in [0.29, 0.717) is 28.6 Å². The van der Waals surface area contributed by atoms with Crippen molar-refractivity contribution in [2.75, 3.05) is 6.54 Å². The molecule has 1 fully saturated rings. The van der Waals surface area contributed by atoms with Crippen molar-refractivity contribution in [2.24, 2.45) is 0 Å². The second kappa shape index (κ2) is 11.5. The van der Waals surface area contributed by atoms with Gasteiger partial charge in [-0.3, -0.25) is 9.59 Å². The third kappa shape index (κ3) is 6.72. The summed E-state index contributed by atoms with van der Waals surface area (Å²) in [5.74, 6) is -0.254. The number of nitrogens with zero attached hydrogens (tertiary/aromatic N) is 1. The van der Waals surface area contributed by atoms with Crippen LogP contribution in [0.15, 0.2) is 48.5 Å². The summed E-state index contributed by atoms with van der Waals surface area (Å²) in [6, 6.07) is 14.8. The third-order valence-corrected chi connectivity index (χ3v) is 6.70. The number of nitrogens with one attached hydrogen (secondary N) is 1. The fourth-order valence-corrected chi connectivity index (χ4v) is 4.62. The van der Waals surface area contributed by atoms with Crippen molar-refractivity contribution in [1.82, 2.24) is 10.2 Å². The molecule has 0 bridgehead atoms. The van der Waals surface area contributed by atoms with Gasteiger partial charge in [0.15, 0.2) is 0 Å². The van der Waals surface area contributed by atoms with Crippen LogP contribution in [-0.2, 0) is 22.4 Å². The summed E-state index contributed by atoms with van der Waals surface area (Å²) >= 11 is 12.6. The maximum atomic E-state index is 13.3. The maximum absolute atomic E-state index is 13.3. The molecule has 166 valence electrons. The molecular formula is C25H30Cl2N2O2. The van der Waals surface area contributed by atoms with Crippen LogP contribution in [0.2, 0.25) is 10.0 Å². The lowest BCUT2D eigenvalue weighted by atomic mass is 9.95. The summed E-state index contributed by atoms with van der Waals surface area (Å²) in [6.45, 7) is 2.25. The molecule has 31 heavy (non-hydrogen) atoms. The summed E-state index contributed by atoms with van der Waals surface area (Å²) in [4.78, 5) is 28.0. The average molecular weight is 461 g/mol. The first-order valence-electron chi connectivity index (χ1n) is 11.0. The van der Waals surface area contributed by atoms with E-state index in [0.717, 1.165) is 31.2 Å². The highest BCUT2D eigenvalue weighted by molar-refractivity contribution is 6.36. The molecule has 1 N–H and O–H groups in total. The highest BCUT2D eigenvalue weighted by Gasteiger charge is 2.28. The van der Waals surface area contributed by atoms with E-state index in [-0.39, 0.29) is 24.3 Å². The zero-order chi connectivity index (χ0) is 22.2. The predicted octanol–water partition coefficient (Wildman–Crippen LogP) is 5.44. The molecule has 2 aromatic carbocycles. The summed E-state index contributed by atoms with van der Waals surface area (Å²) in [5.41, 5.74) is 1.72. The molecule has 0 heterocycles. The Morgan fingerprint density at radius 1 is 1.00 bits per heavy atom. The molecular weight excluding hydrogens is 431 g/mol. The van der Waals surface area contributed by atoms with Crippen molar-refractivity contribution in [2.45, 2.75) is 64.0 Å². The number of hydrogen-bond donors (Lipinski definition) is 1. The van der Waals surface area contributed by atoms with E-state index < -0.39 is 6.04 Å². The zero-order valence-corrected chi connectivity index (χ0v) is 19.5. The third-order valence-electron chi connectivity index (χ3n) is 5.99. The normalized spacial score (nSPS) is 15.3. The van der Waals surface area contributed by atoms with Crippen LogP contribution in [0.4, 0.5) is 0 Å². The van der Waals surface area contributed by atoms with E-state index in [9.17, 15) is 9.59 Å². The Labute approximate surface area is 194 Å². The molecule has 0 aliphatic heterocycles. The SMILES string of the molecule is C[C@@H](C(=O)NC1CCCCC1)N(CCc1ccccc1)C(=O)Cc1c(Cl)cccc1Cl. The standard InChI is InChI=1S/C25H30Cl2N2O2/c1-18(25(31)28-20-11-6-3-7-12-20)29(16-15-19-9-4-2-5-10-19)24(30)17-21-22(26)13-8-14-23(21)27/h2,4-5,8-10,13-14,18,20H,3,6-7,11-12,15-17H2,1H3,(H,28,31)/t18-/m0/s1. The van der Waals surface area contributed by atoms with Gasteiger partial charge in [0.2, 0.25) is 11.8 Å². The van der Waals surface area contributed by atoms with E-state index in [1.165, 1.54) is 6.42 Å². The lowest BCUT2D eigenvalue weighted by Crippen LogP contribution is -2.51. The number of carbonyl (C=O) groups is 2. The maximum Gasteiger partial charge on any atom is 0.242 e. The van der Waals surface area contributed by atoms with E-state index in [2.05, 4.69) is 5.32 Å². The van der Waals surface area contributed by atoms with Crippen molar-refractivity contribution in [3.8, 4) is 0 Å². The van der Waals surface area contributed by atoms with Crippen molar-refractivity contribution < 1.29 is 9.59 Å². The Morgan fingerprint density at radius 2 is 1.65 bits per heavy atom. The van der Waals surface area contributed by atoms with Crippen molar-refractivity contribution in [1.29, 1.82) is 0 Å². The van der Waals surface area contributed by atoms with Crippen molar-refractivity contribution in [3.05, 3.63) is 69.7 Å². The molecule has 0 radical (unpaired) electrons. The van der Waals surface area contributed by atoms with Gasteiger partial charge in [-0.15, -0.1) is 0 Å². The molecule has 2 aromatic rings. The van der Waals surface area contributed by atoms with Crippen LogP contribution in [0.3, 0.4) is 0 Å². The van der Waals surface area contributed by atoms with Gasteiger partial charge in [-0.25, -0.2) is 0 Å². The largest absolute Gasteiger partial charge is 0.352 e. The number of amides is 2. The summed E-state index contributed by atoms with van der Waals surface area (Å²) < 4.78 is 0. The van der Waals surface area contributed by atoms with Gasteiger partial charge in [0.05, 0.1) is 6.42 Å². The highest BCUT2D eigenvalue weighted by atomic mass is 35.5. The van der Waals surface area contributed by atoms with Gasteiger partial charge in [0, 0.05) is 22.6 Å². The monoisotopic (exact) mass is 460 g/mol. The van der Waals surface area contributed by atoms with Crippen LogP contribution in [0.25, 0.3) is 0 Å². The molecule has 0 saturated heterocycles. The lowest BCUT2D eigenvalue weighted by molar-refractivity contribution is -0.139. The molecule has 6 heteroatoms. The van der Waals surface area contributed by atoms with Crippen LogP contribution in [0, 0.1) is 0 Å². The van der Waals surface area contributed by atoms with E-state index >= 15 is 0 Å². The minimum Gasteiger partial charge on any atom is -0.352 e. The molecule has 0 aromatic heterocycles. The molecule has 1 aliphatic rings. The van der Waals surface area contributed by atoms with Crippen LogP contribution in [-0.4, -0.2) is 35.3 Å². The molecule has 0 unspecified atom stereocenters. The van der Waals surface area contributed by atoms with Gasteiger partial charge < -0.3 is 10.2 Å². The van der Waals surface area contributed by atoms with Crippen LogP contribution < -0.4 is 5.32 Å². The van der Waals surface area contributed by atoms with E-state index in [1.807, 2.05) is 30.3 Å². The number of hydrogen-bond acceptors (Lipinski definition) is 2. The summed E-state index contributed by atoms with van der Waals surface area (Å²) in [7, 11) is 0. The van der Waals surface area contributed by atoms with Gasteiger partial charge in [-0.2, -0.15) is 0 Å². The van der Waals surface area contributed by atoms with Gasteiger partial charge >= 0.3 is 0 Å². The zero-order valence-electron chi connectivity index (χ0n) is 17.9. The fourth-order valence-electron chi connectivity index (χ4n) is 4.09. The average Bonchev–Trinajstić information content (AvgIpc) is 2.77. The Balaban J connectivity index is 1.74. The fraction of sp³-hybridized carbons (Fsp3) is 0.440. The molecule has 1 aliphatic carbocycles. The van der Waals surface area contributed by atoms with Crippen LogP contribution in [0.5, 0.6) is 0 Å². The highest BCUT2D eigenvalue weighted by Crippen LogP contribution is 2.25. The van der Waals surface area contributed by atoms with Crippen molar-refractivity contribution in [3.63, 3.8) is 0 Å². The summed E-state index contributed by atoms with van der Waals surface area (Å²) in [5, 5.41) is 4.08. The Hall–Kier alpha value is -2.04. The molecule has 2 amide bonds. The topological polar surface area (TPSA) is 49.4 Å². The second-order valence-corrected chi connectivity index (χ2v) is 9.03. The number of rotatable bonds is 8. The first-order valence-corrected chi connectivity index (χ1v) is 11.8. The summed E-state index contributed by atoms with van der Waals surface area (Å²) in [6.07, 6.45) is 6.25. The first-order chi connectivity index (χ1) is 15.0. The predicted molar refractivity (Wildman–Crippen MR) is 127 cm³/mol. The quantitative estimate of drug-likeness (QED) is 0.569. The lowest BCUT2D eigenvalue weighted by Gasteiger charge is -2.31. The van der Waals surface area contributed by atoms with Gasteiger partial charge in [-0.1, -0.05) is 78.9 Å². The van der Waals surface area contributed by atoms with Gasteiger partial charge in [0.1, 0.15) is 6.04 Å². The number of carbonyl (C=O) groups excluding carboxylic acids is 2. The van der Waals surface area contributed by atoms with E-state index in [4.69, 9.17) is 23.2 Å². The molecule has 3 rings (SSSR count). The van der Waals surface area contributed by atoms with Crippen molar-refractivity contribution >= 4 is 35.0 Å². The molecule has 1 atom stereocenters. The minimum atomic E-state index is -0.570. The van der Waals surface area contributed by atoms with E-state index in [1.54, 1.807) is 30.0 Å². The Morgan fingerprint density at radius 3 is 2.29 bits per heavy atom. The molecule has 0 spiro atoms. The molecule has 4 nitrogen and oxygen atoms in total. The van der Waals surface area contributed by atoms with Gasteiger partial charge in [-0.05, 0) is 49.4 Å². The Bertz CT molecular complexity index is 862. The van der Waals surface area contributed by atoms with Crippen LogP contribution in [0.1, 0.15) is 50.2 Å². The van der Waals surface area contributed by atoms with Gasteiger partial charge in [0.25, 0.3) is 0 Å².